The molecule has 0 saturated heterocycles. The molecular weight excluding hydrogens is 287 g/mol. The van der Waals surface area contributed by atoms with E-state index < -0.39 is 22.5 Å². The van der Waals surface area contributed by atoms with Gasteiger partial charge >= 0.3 is 11.9 Å². The van der Waals surface area contributed by atoms with E-state index in [0.29, 0.717) is 24.6 Å². The summed E-state index contributed by atoms with van der Waals surface area (Å²) in [5.41, 5.74) is -1.76. The maximum Gasteiger partial charge on any atom is 0.433 e. The number of hydrogen-bond donors (Lipinski definition) is 1. The average molecular weight is 305 g/mol. The molecule has 0 fully saturated rings. The van der Waals surface area contributed by atoms with Gasteiger partial charge in [0.05, 0.1) is 4.92 Å². The highest BCUT2D eigenvalue weighted by Crippen LogP contribution is 2.33. The predicted octanol–water partition coefficient (Wildman–Crippen LogP) is 4.25. The van der Waals surface area contributed by atoms with E-state index in [2.05, 4.69) is 10.3 Å². The third-order valence-corrected chi connectivity index (χ3v) is 3.22. The number of halogens is 3. The molecule has 0 bridgehead atoms. The highest BCUT2D eigenvalue weighted by atomic mass is 19.4. The zero-order valence-electron chi connectivity index (χ0n) is 12.1. The highest BCUT2D eigenvalue weighted by Gasteiger charge is 2.34. The summed E-state index contributed by atoms with van der Waals surface area (Å²) in [6.45, 7) is 5.80. The smallest absolute Gasteiger partial charge is 0.377 e. The summed E-state index contributed by atoms with van der Waals surface area (Å²) < 4.78 is 37.9. The van der Waals surface area contributed by atoms with Gasteiger partial charge in [0.1, 0.15) is 17.6 Å². The number of nitrogens with zero attached hydrogens (tertiary/aromatic N) is 2. The Kier molecular flexibility index (Phi) is 5.51. The molecule has 0 amide bonds. The lowest BCUT2D eigenvalue weighted by Gasteiger charge is -2.19. The summed E-state index contributed by atoms with van der Waals surface area (Å²) in [5, 5.41) is 13.7. The molecule has 1 N–H and O–H groups in total. The quantitative estimate of drug-likeness (QED) is 0.630. The van der Waals surface area contributed by atoms with Crippen LogP contribution in [0.3, 0.4) is 0 Å². The molecule has 0 aromatic carbocycles. The third kappa shape index (κ3) is 4.87. The van der Waals surface area contributed by atoms with Crippen LogP contribution in [0.15, 0.2) is 12.3 Å². The molecule has 118 valence electrons. The Balaban J connectivity index is 3.04. The second-order valence-corrected chi connectivity index (χ2v) is 5.14. The Hall–Kier alpha value is -1.86. The lowest BCUT2D eigenvalue weighted by atomic mass is 10.0. The standard InChI is InChI=1S/C13H18F3N3O2/c1-4-8(2)5-9(3)18-10-6-12(13(14,15)16)17-7-11(10)19(20)21/h6-9H,4-5H2,1-3H3,(H,17,18). The van der Waals surface area contributed by atoms with E-state index >= 15 is 0 Å². The van der Waals surface area contributed by atoms with Crippen molar-refractivity contribution in [3.8, 4) is 0 Å². The van der Waals surface area contributed by atoms with Crippen molar-refractivity contribution in [3.63, 3.8) is 0 Å². The molecular formula is C13H18F3N3O2. The number of nitro groups is 1. The molecule has 1 aromatic heterocycles. The average Bonchev–Trinajstić information content (AvgIpc) is 2.36. The number of rotatable bonds is 6. The van der Waals surface area contributed by atoms with Crippen molar-refractivity contribution in [1.82, 2.24) is 4.98 Å². The Labute approximate surface area is 120 Å². The largest absolute Gasteiger partial charge is 0.433 e. The Morgan fingerprint density at radius 1 is 1.43 bits per heavy atom. The van der Waals surface area contributed by atoms with Crippen LogP contribution in [0.25, 0.3) is 0 Å². The fraction of sp³-hybridized carbons (Fsp3) is 0.615. The van der Waals surface area contributed by atoms with Crippen LogP contribution in [0.5, 0.6) is 0 Å². The maximum absolute atomic E-state index is 12.6. The van der Waals surface area contributed by atoms with Crippen LogP contribution in [-0.2, 0) is 6.18 Å². The van der Waals surface area contributed by atoms with Gasteiger partial charge in [-0.3, -0.25) is 10.1 Å². The molecule has 0 saturated carbocycles. The lowest BCUT2D eigenvalue weighted by Crippen LogP contribution is -2.20. The van der Waals surface area contributed by atoms with Crippen LogP contribution < -0.4 is 5.32 Å². The highest BCUT2D eigenvalue weighted by molar-refractivity contribution is 5.61. The monoisotopic (exact) mass is 305 g/mol. The van der Waals surface area contributed by atoms with Crippen LogP contribution >= 0.6 is 0 Å². The topological polar surface area (TPSA) is 68.1 Å². The van der Waals surface area contributed by atoms with Crippen LogP contribution in [0, 0.1) is 16.0 Å². The first-order valence-electron chi connectivity index (χ1n) is 6.63. The number of nitrogens with one attached hydrogen (secondary N) is 1. The second-order valence-electron chi connectivity index (χ2n) is 5.14. The van der Waals surface area contributed by atoms with Gasteiger partial charge in [-0.1, -0.05) is 20.3 Å². The second kappa shape index (κ2) is 6.73. The molecule has 0 radical (unpaired) electrons. The predicted molar refractivity (Wildman–Crippen MR) is 73.1 cm³/mol. The van der Waals surface area contributed by atoms with Gasteiger partial charge in [0, 0.05) is 6.04 Å². The van der Waals surface area contributed by atoms with Gasteiger partial charge in [0.2, 0.25) is 0 Å². The first-order valence-corrected chi connectivity index (χ1v) is 6.63. The molecule has 0 aliphatic heterocycles. The Morgan fingerprint density at radius 3 is 2.52 bits per heavy atom. The molecule has 1 rings (SSSR count). The minimum atomic E-state index is -4.63. The zero-order chi connectivity index (χ0) is 16.2. The van der Waals surface area contributed by atoms with E-state index in [0.717, 1.165) is 6.42 Å². The fourth-order valence-electron chi connectivity index (χ4n) is 1.96. The van der Waals surface area contributed by atoms with Gasteiger partial charge in [-0.05, 0) is 25.3 Å². The van der Waals surface area contributed by atoms with Gasteiger partial charge in [-0.2, -0.15) is 13.2 Å². The summed E-state index contributed by atoms with van der Waals surface area (Å²) in [6.07, 6.45) is -2.36. The van der Waals surface area contributed by atoms with Crippen LogP contribution in [-0.4, -0.2) is 15.9 Å². The van der Waals surface area contributed by atoms with E-state index in [1.165, 1.54) is 0 Å². The normalized spacial score (nSPS) is 14.6. The lowest BCUT2D eigenvalue weighted by molar-refractivity contribution is -0.384. The number of anilines is 1. The van der Waals surface area contributed by atoms with Crippen LogP contribution in [0.1, 0.15) is 39.3 Å². The third-order valence-electron chi connectivity index (χ3n) is 3.22. The van der Waals surface area contributed by atoms with Gasteiger partial charge in [-0.15, -0.1) is 0 Å². The first kappa shape index (κ1) is 17.2. The van der Waals surface area contributed by atoms with E-state index in [1.807, 2.05) is 13.8 Å². The summed E-state index contributed by atoms with van der Waals surface area (Å²) in [5.74, 6) is 0.371. The number of aromatic nitrogens is 1. The van der Waals surface area contributed by atoms with E-state index in [-0.39, 0.29) is 11.7 Å². The van der Waals surface area contributed by atoms with E-state index in [1.54, 1.807) is 6.92 Å². The van der Waals surface area contributed by atoms with Gasteiger partial charge in [0.15, 0.2) is 0 Å². The molecule has 0 aliphatic rings. The number of pyridine rings is 1. The minimum Gasteiger partial charge on any atom is -0.377 e. The van der Waals surface area contributed by atoms with E-state index in [9.17, 15) is 23.3 Å². The van der Waals surface area contributed by atoms with Crippen molar-refractivity contribution in [2.75, 3.05) is 5.32 Å². The van der Waals surface area contributed by atoms with Gasteiger partial charge in [0.25, 0.3) is 0 Å². The van der Waals surface area contributed by atoms with Crippen molar-refractivity contribution in [2.24, 2.45) is 5.92 Å². The van der Waals surface area contributed by atoms with Crippen molar-refractivity contribution >= 4 is 11.4 Å². The molecule has 1 heterocycles. The SMILES string of the molecule is CCC(C)CC(C)Nc1cc(C(F)(F)F)ncc1[N+](=O)[O-]. The molecule has 8 heteroatoms. The molecule has 1 aromatic rings. The number of alkyl halides is 3. The summed E-state index contributed by atoms with van der Waals surface area (Å²) in [6, 6.07) is 0.507. The Morgan fingerprint density at radius 2 is 2.05 bits per heavy atom. The molecule has 5 nitrogen and oxygen atoms in total. The van der Waals surface area contributed by atoms with Gasteiger partial charge in [-0.25, -0.2) is 4.98 Å². The summed E-state index contributed by atoms with van der Waals surface area (Å²) in [7, 11) is 0. The molecule has 2 unspecified atom stereocenters. The molecule has 0 spiro atoms. The van der Waals surface area contributed by atoms with Crippen molar-refractivity contribution in [2.45, 2.75) is 45.8 Å². The summed E-state index contributed by atoms with van der Waals surface area (Å²) in [4.78, 5) is 13.3. The van der Waals surface area contributed by atoms with Crippen molar-refractivity contribution in [3.05, 3.63) is 28.1 Å². The summed E-state index contributed by atoms with van der Waals surface area (Å²) >= 11 is 0. The minimum absolute atomic E-state index is 0.155. The fourth-order valence-corrected chi connectivity index (χ4v) is 1.96. The molecule has 0 aliphatic carbocycles. The Bertz CT molecular complexity index is 506. The molecule has 2 atom stereocenters. The van der Waals surface area contributed by atoms with Crippen molar-refractivity contribution < 1.29 is 18.1 Å². The first-order chi connectivity index (χ1) is 9.65. The maximum atomic E-state index is 12.6. The van der Waals surface area contributed by atoms with Crippen LogP contribution in [0.4, 0.5) is 24.5 Å². The van der Waals surface area contributed by atoms with Crippen molar-refractivity contribution in [1.29, 1.82) is 0 Å². The zero-order valence-corrected chi connectivity index (χ0v) is 12.1. The molecule has 21 heavy (non-hydrogen) atoms. The van der Waals surface area contributed by atoms with E-state index in [4.69, 9.17) is 0 Å². The number of hydrogen-bond acceptors (Lipinski definition) is 4. The van der Waals surface area contributed by atoms with Gasteiger partial charge < -0.3 is 5.32 Å². The van der Waals surface area contributed by atoms with Crippen LogP contribution in [0.2, 0.25) is 0 Å².